The van der Waals surface area contributed by atoms with Crippen LogP contribution in [0.4, 0.5) is 19.3 Å². The molecule has 0 aliphatic carbocycles. The molecule has 1 heterocycles. The minimum Gasteiger partial charge on any atom is -0.317 e. The van der Waals surface area contributed by atoms with Crippen molar-refractivity contribution in [1.82, 2.24) is 4.90 Å². The van der Waals surface area contributed by atoms with Crippen LogP contribution in [0.2, 0.25) is 0 Å². The van der Waals surface area contributed by atoms with Crippen LogP contribution in [0.5, 0.6) is 0 Å². The molecule has 0 bridgehead atoms. The van der Waals surface area contributed by atoms with E-state index in [4.69, 9.17) is 0 Å². The van der Waals surface area contributed by atoms with Gasteiger partial charge in [-0.05, 0) is 43.5 Å². The van der Waals surface area contributed by atoms with Crippen LogP contribution in [0.3, 0.4) is 0 Å². The summed E-state index contributed by atoms with van der Waals surface area (Å²) in [7, 11) is 0. The zero-order valence-corrected chi connectivity index (χ0v) is 12.9. The molecule has 5 heteroatoms. The number of amides is 2. The maximum absolute atomic E-state index is 14.0. The Balaban J connectivity index is 1.78. The van der Waals surface area contributed by atoms with Gasteiger partial charge in [-0.2, -0.15) is 0 Å². The smallest absolute Gasteiger partial charge is 0.317 e. The molecule has 1 aliphatic rings. The number of carbonyl (C=O) groups is 1. The van der Waals surface area contributed by atoms with Crippen LogP contribution in [0.15, 0.2) is 42.5 Å². The average Bonchev–Trinajstić information content (AvgIpc) is 3.01. The minimum atomic E-state index is -0.366. The van der Waals surface area contributed by atoms with E-state index in [9.17, 15) is 13.6 Å². The molecule has 1 aliphatic heterocycles. The number of rotatable bonds is 2. The molecule has 0 aromatic heterocycles. The molecule has 120 valence electrons. The Morgan fingerprint density at radius 2 is 1.96 bits per heavy atom. The van der Waals surface area contributed by atoms with Gasteiger partial charge in [0, 0.05) is 17.8 Å². The fourth-order valence-electron chi connectivity index (χ4n) is 2.94. The zero-order chi connectivity index (χ0) is 16.4. The maximum atomic E-state index is 14.0. The molecule has 1 atom stereocenters. The lowest BCUT2D eigenvalue weighted by molar-refractivity contribution is 0.206. The average molecular weight is 316 g/mol. The summed E-state index contributed by atoms with van der Waals surface area (Å²) < 4.78 is 27.6. The van der Waals surface area contributed by atoms with Crippen molar-refractivity contribution >= 4 is 11.7 Å². The van der Waals surface area contributed by atoms with Gasteiger partial charge in [0.05, 0.1) is 6.04 Å². The summed E-state index contributed by atoms with van der Waals surface area (Å²) in [6, 6.07) is 10.5. The Morgan fingerprint density at radius 3 is 2.70 bits per heavy atom. The van der Waals surface area contributed by atoms with E-state index in [1.165, 1.54) is 12.1 Å². The highest BCUT2D eigenvalue weighted by molar-refractivity contribution is 5.89. The summed E-state index contributed by atoms with van der Waals surface area (Å²) >= 11 is 0. The number of likely N-dealkylation sites (tertiary alicyclic amines) is 1. The third kappa shape index (κ3) is 3.18. The zero-order valence-electron chi connectivity index (χ0n) is 12.9. The Morgan fingerprint density at radius 1 is 1.17 bits per heavy atom. The fraction of sp³-hybridized carbons (Fsp3) is 0.278. The summed E-state index contributed by atoms with van der Waals surface area (Å²) in [5.41, 5.74) is 1.45. The molecule has 0 spiro atoms. The van der Waals surface area contributed by atoms with Crippen molar-refractivity contribution in [3.63, 3.8) is 0 Å². The van der Waals surface area contributed by atoms with Crippen molar-refractivity contribution in [2.75, 3.05) is 11.9 Å². The van der Waals surface area contributed by atoms with Crippen LogP contribution < -0.4 is 5.32 Å². The standard InChI is InChI=1S/C18H18F2N2O/c1-12-8-9-13(11-16(12)20)21-18(23)22-10-4-7-17(22)14-5-2-3-6-15(14)19/h2-3,5-6,8-9,11,17H,4,7,10H2,1H3,(H,21,23)/t17-/m0/s1. The van der Waals surface area contributed by atoms with Crippen LogP contribution in [-0.2, 0) is 0 Å². The molecule has 1 N–H and O–H groups in total. The number of aryl methyl sites for hydroxylation is 1. The Bertz CT molecular complexity index is 733. The molecule has 23 heavy (non-hydrogen) atoms. The summed E-state index contributed by atoms with van der Waals surface area (Å²) in [5.74, 6) is -0.673. The minimum absolute atomic E-state index is 0.286. The predicted octanol–water partition coefficient (Wildman–Crippen LogP) is 4.64. The van der Waals surface area contributed by atoms with Gasteiger partial charge in [0.2, 0.25) is 0 Å². The van der Waals surface area contributed by atoms with E-state index in [2.05, 4.69) is 5.32 Å². The molecule has 0 unspecified atom stereocenters. The second-order valence-corrected chi connectivity index (χ2v) is 5.77. The molecule has 0 saturated carbocycles. The number of urea groups is 1. The summed E-state index contributed by atoms with van der Waals surface area (Å²) in [6.45, 7) is 2.22. The molecule has 1 saturated heterocycles. The van der Waals surface area contributed by atoms with E-state index in [0.717, 1.165) is 12.8 Å². The third-order valence-electron chi connectivity index (χ3n) is 4.20. The van der Waals surface area contributed by atoms with Gasteiger partial charge in [0.15, 0.2) is 0 Å². The Labute approximate surface area is 133 Å². The van der Waals surface area contributed by atoms with Crippen molar-refractivity contribution in [3.8, 4) is 0 Å². The normalized spacial score (nSPS) is 17.3. The molecule has 3 rings (SSSR count). The number of benzene rings is 2. The molecule has 2 amide bonds. The van der Waals surface area contributed by atoms with Crippen LogP contribution in [-0.4, -0.2) is 17.5 Å². The first-order chi connectivity index (χ1) is 11.1. The van der Waals surface area contributed by atoms with Crippen molar-refractivity contribution in [2.45, 2.75) is 25.8 Å². The highest BCUT2D eigenvalue weighted by atomic mass is 19.1. The third-order valence-corrected chi connectivity index (χ3v) is 4.20. The van der Waals surface area contributed by atoms with Gasteiger partial charge in [-0.1, -0.05) is 24.3 Å². The number of anilines is 1. The second-order valence-electron chi connectivity index (χ2n) is 5.77. The van der Waals surface area contributed by atoms with E-state index in [0.29, 0.717) is 23.4 Å². The molecule has 1 fully saturated rings. The molecule has 2 aromatic carbocycles. The van der Waals surface area contributed by atoms with Crippen LogP contribution >= 0.6 is 0 Å². The summed E-state index contributed by atoms with van der Waals surface area (Å²) in [6.07, 6.45) is 1.53. The lowest BCUT2D eigenvalue weighted by atomic mass is 10.0. The van der Waals surface area contributed by atoms with E-state index in [1.54, 1.807) is 42.2 Å². The highest BCUT2D eigenvalue weighted by Gasteiger charge is 2.31. The van der Waals surface area contributed by atoms with Gasteiger partial charge in [-0.3, -0.25) is 0 Å². The van der Waals surface area contributed by atoms with E-state index < -0.39 is 0 Å². The van der Waals surface area contributed by atoms with Gasteiger partial charge in [0.25, 0.3) is 0 Å². The maximum Gasteiger partial charge on any atom is 0.322 e. The highest BCUT2D eigenvalue weighted by Crippen LogP contribution is 2.33. The second kappa shape index (κ2) is 6.36. The van der Waals surface area contributed by atoms with Gasteiger partial charge in [-0.15, -0.1) is 0 Å². The number of nitrogens with one attached hydrogen (secondary N) is 1. The molecule has 3 nitrogen and oxygen atoms in total. The fourth-order valence-corrected chi connectivity index (χ4v) is 2.94. The molecule has 2 aromatic rings. The first-order valence-electron chi connectivity index (χ1n) is 7.64. The van der Waals surface area contributed by atoms with Crippen LogP contribution in [0, 0.1) is 18.6 Å². The SMILES string of the molecule is Cc1ccc(NC(=O)N2CCC[C@H]2c2ccccc2F)cc1F. The molecule has 0 radical (unpaired) electrons. The number of nitrogens with zero attached hydrogens (tertiary/aromatic N) is 1. The lowest BCUT2D eigenvalue weighted by Gasteiger charge is -2.25. The Hall–Kier alpha value is -2.43. The quantitative estimate of drug-likeness (QED) is 0.860. The van der Waals surface area contributed by atoms with Gasteiger partial charge < -0.3 is 10.2 Å². The van der Waals surface area contributed by atoms with Crippen molar-refractivity contribution in [2.24, 2.45) is 0 Å². The summed E-state index contributed by atoms with van der Waals surface area (Å²) in [5, 5.41) is 2.70. The lowest BCUT2D eigenvalue weighted by Crippen LogP contribution is -2.34. The van der Waals surface area contributed by atoms with Crippen molar-refractivity contribution < 1.29 is 13.6 Å². The topological polar surface area (TPSA) is 32.3 Å². The Kier molecular flexibility index (Phi) is 4.28. The predicted molar refractivity (Wildman–Crippen MR) is 85.2 cm³/mol. The first-order valence-corrected chi connectivity index (χ1v) is 7.64. The van der Waals surface area contributed by atoms with Gasteiger partial charge in [-0.25, -0.2) is 13.6 Å². The van der Waals surface area contributed by atoms with E-state index >= 15 is 0 Å². The largest absolute Gasteiger partial charge is 0.322 e. The van der Waals surface area contributed by atoms with Crippen molar-refractivity contribution in [3.05, 3.63) is 65.2 Å². The first kappa shape index (κ1) is 15.5. The summed E-state index contributed by atoms with van der Waals surface area (Å²) in [4.78, 5) is 14.1. The van der Waals surface area contributed by atoms with E-state index in [-0.39, 0.29) is 23.7 Å². The van der Waals surface area contributed by atoms with Crippen LogP contribution in [0.25, 0.3) is 0 Å². The van der Waals surface area contributed by atoms with E-state index in [1.807, 2.05) is 0 Å². The number of hydrogen-bond acceptors (Lipinski definition) is 1. The van der Waals surface area contributed by atoms with Crippen LogP contribution in [0.1, 0.15) is 30.0 Å². The van der Waals surface area contributed by atoms with Gasteiger partial charge in [0.1, 0.15) is 11.6 Å². The van der Waals surface area contributed by atoms with Crippen molar-refractivity contribution in [1.29, 1.82) is 0 Å². The van der Waals surface area contributed by atoms with Gasteiger partial charge >= 0.3 is 6.03 Å². The molecular weight excluding hydrogens is 298 g/mol. The number of hydrogen-bond donors (Lipinski definition) is 1. The number of halogens is 2. The monoisotopic (exact) mass is 316 g/mol. The number of carbonyl (C=O) groups excluding carboxylic acids is 1. The molecular formula is C18H18F2N2O.